The molecule has 3 N–H and O–H groups in total. The highest BCUT2D eigenvalue weighted by atomic mass is 16.1. The molecule has 4 heteroatoms. The molecule has 0 aliphatic rings. The summed E-state index contributed by atoms with van der Waals surface area (Å²) in [4.78, 5) is 14.5. The molecule has 0 radical (unpaired) electrons. The third-order valence-corrected chi connectivity index (χ3v) is 3.98. The van der Waals surface area contributed by atoms with Crippen molar-refractivity contribution in [1.29, 1.82) is 0 Å². The van der Waals surface area contributed by atoms with Crippen molar-refractivity contribution in [2.45, 2.75) is 39.3 Å². The van der Waals surface area contributed by atoms with E-state index < -0.39 is 0 Å². The Hall–Kier alpha value is -2.33. The van der Waals surface area contributed by atoms with Crippen LogP contribution in [0.25, 0.3) is 0 Å². The molecule has 2 aromatic carbocycles. The number of rotatable bonds is 8. The zero-order chi connectivity index (χ0) is 17.4. The van der Waals surface area contributed by atoms with Gasteiger partial charge in [-0.25, -0.2) is 0 Å². The molecular weight excluding hydrogens is 298 g/mol. The summed E-state index contributed by atoms with van der Waals surface area (Å²) in [6.45, 7) is 6.19. The lowest BCUT2D eigenvalue weighted by Crippen LogP contribution is -2.31. The minimum Gasteiger partial charge on any atom is -0.399 e. The number of anilines is 2. The predicted octanol–water partition coefficient (Wildman–Crippen LogP) is 3.90. The summed E-state index contributed by atoms with van der Waals surface area (Å²) < 4.78 is 0. The van der Waals surface area contributed by atoms with E-state index >= 15 is 0 Å². The molecule has 2 rings (SSSR count). The van der Waals surface area contributed by atoms with Crippen LogP contribution >= 0.6 is 0 Å². The molecule has 0 aliphatic carbocycles. The van der Waals surface area contributed by atoms with Crippen molar-refractivity contribution in [3.05, 3.63) is 60.2 Å². The van der Waals surface area contributed by atoms with E-state index in [9.17, 15) is 4.79 Å². The van der Waals surface area contributed by atoms with E-state index in [1.165, 1.54) is 5.56 Å². The summed E-state index contributed by atoms with van der Waals surface area (Å²) in [5, 5.41) is 2.90. The minimum atomic E-state index is 0.0315. The monoisotopic (exact) mass is 325 g/mol. The molecule has 0 saturated carbocycles. The molecule has 2 aromatic rings. The summed E-state index contributed by atoms with van der Waals surface area (Å²) >= 11 is 0. The predicted molar refractivity (Wildman–Crippen MR) is 101 cm³/mol. The first kappa shape index (κ1) is 18.0. The molecule has 4 nitrogen and oxygen atoms in total. The van der Waals surface area contributed by atoms with Gasteiger partial charge in [0.05, 0.1) is 0 Å². The second kappa shape index (κ2) is 9.08. The van der Waals surface area contributed by atoms with Gasteiger partial charge < -0.3 is 11.1 Å². The van der Waals surface area contributed by atoms with Gasteiger partial charge in [0.15, 0.2) is 0 Å². The van der Waals surface area contributed by atoms with Crippen molar-refractivity contribution < 1.29 is 4.79 Å². The highest BCUT2D eigenvalue weighted by Gasteiger charge is 2.11. The van der Waals surface area contributed by atoms with Gasteiger partial charge in [0, 0.05) is 30.4 Å². The normalized spacial score (nSPS) is 11.0. The van der Waals surface area contributed by atoms with E-state index in [0.717, 1.165) is 25.2 Å². The van der Waals surface area contributed by atoms with E-state index in [-0.39, 0.29) is 5.91 Å². The van der Waals surface area contributed by atoms with Crippen LogP contribution in [0.2, 0.25) is 0 Å². The van der Waals surface area contributed by atoms with Gasteiger partial charge in [0.25, 0.3) is 0 Å². The highest BCUT2D eigenvalue weighted by molar-refractivity contribution is 5.91. The van der Waals surface area contributed by atoms with Crippen LogP contribution in [0.15, 0.2) is 54.6 Å². The third kappa shape index (κ3) is 6.05. The molecule has 0 heterocycles. The molecule has 0 aromatic heterocycles. The minimum absolute atomic E-state index is 0.0315. The zero-order valence-corrected chi connectivity index (χ0v) is 14.5. The van der Waals surface area contributed by atoms with Crippen molar-refractivity contribution in [2.24, 2.45) is 0 Å². The molecule has 128 valence electrons. The second-order valence-electron chi connectivity index (χ2n) is 6.33. The Morgan fingerprint density at radius 1 is 1.12 bits per heavy atom. The average Bonchev–Trinajstić information content (AvgIpc) is 2.54. The molecule has 0 unspecified atom stereocenters. The molecule has 0 aliphatic heterocycles. The van der Waals surface area contributed by atoms with E-state index in [0.29, 0.717) is 18.2 Å². The summed E-state index contributed by atoms with van der Waals surface area (Å²) in [6.07, 6.45) is 1.34. The SMILES string of the molecule is CC(C)N(CCCC(=O)Nc1cccc(N)c1)Cc1ccccc1. The standard InChI is InChI=1S/C20H27N3O/c1-16(2)23(15-17-8-4-3-5-9-17)13-7-12-20(24)22-19-11-6-10-18(21)14-19/h3-6,8-11,14,16H,7,12-13,15,21H2,1-2H3,(H,22,24). The number of nitrogen functional groups attached to an aromatic ring is 1. The third-order valence-electron chi connectivity index (χ3n) is 3.98. The van der Waals surface area contributed by atoms with Crippen molar-refractivity contribution in [2.75, 3.05) is 17.6 Å². The quantitative estimate of drug-likeness (QED) is 0.724. The number of nitrogens with two attached hydrogens (primary N) is 1. The van der Waals surface area contributed by atoms with Gasteiger partial charge in [0.1, 0.15) is 0 Å². The number of nitrogens with one attached hydrogen (secondary N) is 1. The van der Waals surface area contributed by atoms with Crippen LogP contribution < -0.4 is 11.1 Å². The van der Waals surface area contributed by atoms with Gasteiger partial charge in [-0.05, 0) is 50.6 Å². The van der Waals surface area contributed by atoms with Gasteiger partial charge in [-0.2, -0.15) is 0 Å². The number of hydrogen-bond donors (Lipinski definition) is 2. The summed E-state index contributed by atoms with van der Waals surface area (Å²) in [5.41, 5.74) is 8.43. The first-order chi connectivity index (χ1) is 11.5. The smallest absolute Gasteiger partial charge is 0.224 e. The van der Waals surface area contributed by atoms with E-state index in [1.807, 2.05) is 18.2 Å². The van der Waals surface area contributed by atoms with Crippen LogP contribution in [0, 0.1) is 0 Å². The molecule has 0 spiro atoms. The van der Waals surface area contributed by atoms with Crippen LogP contribution in [-0.4, -0.2) is 23.4 Å². The first-order valence-corrected chi connectivity index (χ1v) is 8.48. The fraction of sp³-hybridized carbons (Fsp3) is 0.350. The van der Waals surface area contributed by atoms with E-state index in [1.54, 1.807) is 12.1 Å². The van der Waals surface area contributed by atoms with Gasteiger partial charge >= 0.3 is 0 Å². The number of benzene rings is 2. The van der Waals surface area contributed by atoms with E-state index in [2.05, 4.69) is 48.3 Å². The average molecular weight is 325 g/mol. The van der Waals surface area contributed by atoms with Crippen molar-refractivity contribution in [3.8, 4) is 0 Å². The van der Waals surface area contributed by atoms with Crippen molar-refractivity contribution in [3.63, 3.8) is 0 Å². The number of hydrogen-bond acceptors (Lipinski definition) is 3. The number of carbonyl (C=O) groups excluding carboxylic acids is 1. The maximum Gasteiger partial charge on any atom is 0.224 e. The highest BCUT2D eigenvalue weighted by Crippen LogP contribution is 2.13. The van der Waals surface area contributed by atoms with Crippen LogP contribution in [0.5, 0.6) is 0 Å². The van der Waals surface area contributed by atoms with Gasteiger partial charge in [-0.15, -0.1) is 0 Å². The molecule has 0 atom stereocenters. The van der Waals surface area contributed by atoms with E-state index in [4.69, 9.17) is 5.73 Å². The molecule has 0 saturated heterocycles. The van der Waals surface area contributed by atoms with Crippen LogP contribution in [0.1, 0.15) is 32.3 Å². The van der Waals surface area contributed by atoms with Crippen molar-refractivity contribution >= 4 is 17.3 Å². The Morgan fingerprint density at radius 3 is 2.54 bits per heavy atom. The fourth-order valence-corrected chi connectivity index (χ4v) is 2.62. The lowest BCUT2D eigenvalue weighted by molar-refractivity contribution is -0.116. The van der Waals surface area contributed by atoms with Crippen LogP contribution in [-0.2, 0) is 11.3 Å². The fourth-order valence-electron chi connectivity index (χ4n) is 2.62. The molecule has 1 amide bonds. The Balaban J connectivity index is 1.79. The largest absolute Gasteiger partial charge is 0.399 e. The Labute approximate surface area is 144 Å². The van der Waals surface area contributed by atoms with Gasteiger partial charge in [-0.3, -0.25) is 9.69 Å². The zero-order valence-electron chi connectivity index (χ0n) is 14.5. The summed E-state index contributed by atoms with van der Waals surface area (Å²) in [7, 11) is 0. The Morgan fingerprint density at radius 2 is 1.88 bits per heavy atom. The maximum absolute atomic E-state index is 12.1. The maximum atomic E-state index is 12.1. The molecule has 0 fully saturated rings. The molecule has 0 bridgehead atoms. The number of carbonyl (C=O) groups is 1. The molecule has 24 heavy (non-hydrogen) atoms. The van der Waals surface area contributed by atoms with Gasteiger partial charge in [0.2, 0.25) is 5.91 Å². The summed E-state index contributed by atoms with van der Waals surface area (Å²) in [5.74, 6) is 0.0315. The van der Waals surface area contributed by atoms with Crippen molar-refractivity contribution in [1.82, 2.24) is 4.90 Å². The molecular formula is C20H27N3O. The van der Waals surface area contributed by atoms with Crippen LogP contribution in [0.3, 0.4) is 0 Å². The number of amides is 1. The Bertz CT molecular complexity index is 640. The van der Waals surface area contributed by atoms with Crippen LogP contribution in [0.4, 0.5) is 11.4 Å². The topological polar surface area (TPSA) is 58.4 Å². The summed E-state index contributed by atoms with van der Waals surface area (Å²) in [6, 6.07) is 18.2. The second-order valence-corrected chi connectivity index (χ2v) is 6.33. The number of nitrogens with zero attached hydrogens (tertiary/aromatic N) is 1. The first-order valence-electron chi connectivity index (χ1n) is 8.48. The lowest BCUT2D eigenvalue weighted by atomic mass is 10.1. The lowest BCUT2D eigenvalue weighted by Gasteiger charge is -2.26. The Kier molecular flexibility index (Phi) is 6.82. The van der Waals surface area contributed by atoms with Gasteiger partial charge in [-0.1, -0.05) is 36.4 Å².